The zero-order valence-corrected chi connectivity index (χ0v) is 10.8. The zero-order chi connectivity index (χ0) is 13.8. The van der Waals surface area contributed by atoms with Crippen molar-refractivity contribution in [3.05, 3.63) is 47.5 Å². The number of nitrogens with zero attached hydrogens (tertiary/aromatic N) is 1. The summed E-state index contributed by atoms with van der Waals surface area (Å²) in [6.07, 6.45) is 0. The first-order valence-electron chi connectivity index (χ1n) is 5.76. The van der Waals surface area contributed by atoms with Gasteiger partial charge in [-0.2, -0.15) is 5.26 Å². The highest BCUT2D eigenvalue weighted by Gasteiger charge is 2.07. The third kappa shape index (κ3) is 2.78. The van der Waals surface area contributed by atoms with Gasteiger partial charge in [-0.05, 0) is 30.7 Å². The van der Waals surface area contributed by atoms with Gasteiger partial charge in [0.25, 0.3) is 0 Å². The number of nitrogen functional groups attached to an aromatic ring is 1. The molecule has 4 heteroatoms. The summed E-state index contributed by atoms with van der Waals surface area (Å²) in [5.74, 6) is 1.66. The Hall–Kier alpha value is -2.67. The van der Waals surface area contributed by atoms with Gasteiger partial charge in [0, 0.05) is 6.07 Å². The number of anilines is 1. The minimum absolute atomic E-state index is 0.473. The molecule has 4 nitrogen and oxygen atoms in total. The molecule has 19 heavy (non-hydrogen) atoms. The second kappa shape index (κ2) is 5.32. The minimum Gasteiger partial charge on any atom is -0.497 e. The second-order valence-electron chi connectivity index (χ2n) is 4.10. The Morgan fingerprint density at radius 3 is 2.58 bits per heavy atom. The van der Waals surface area contributed by atoms with E-state index in [1.807, 2.05) is 19.1 Å². The van der Waals surface area contributed by atoms with Crippen LogP contribution in [0.15, 0.2) is 36.4 Å². The Bertz CT molecular complexity index is 645. The number of para-hydroxylation sites is 1. The van der Waals surface area contributed by atoms with Crippen LogP contribution in [0, 0.1) is 18.3 Å². The Morgan fingerprint density at radius 1 is 1.16 bits per heavy atom. The van der Waals surface area contributed by atoms with E-state index in [-0.39, 0.29) is 0 Å². The van der Waals surface area contributed by atoms with E-state index in [0.29, 0.717) is 28.5 Å². The molecule has 0 unspecified atom stereocenters. The van der Waals surface area contributed by atoms with Gasteiger partial charge in [-0.25, -0.2) is 0 Å². The van der Waals surface area contributed by atoms with Crippen LogP contribution in [0.4, 0.5) is 5.69 Å². The van der Waals surface area contributed by atoms with Crippen LogP contribution in [0.3, 0.4) is 0 Å². The summed E-state index contributed by atoms with van der Waals surface area (Å²) in [4.78, 5) is 0. The Morgan fingerprint density at radius 2 is 1.89 bits per heavy atom. The summed E-state index contributed by atoms with van der Waals surface area (Å²) in [5.41, 5.74) is 7.96. The van der Waals surface area contributed by atoms with Gasteiger partial charge in [0.05, 0.1) is 24.4 Å². The molecule has 2 N–H and O–H groups in total. The van der Waals surface area contributed by atoms with Crippen LogP contribution in [-0.4, -0.2) is 7.11 Å². The highest BCUT2D eigenvalue weighted by atomic mass is 16.5. The number of methoxy groups -OCH3 is 1. The first-order chi connectivity index (χ1) is 9.13. The predicted octanol–water partition coefficient (Wildman–Crippen LogP) is 3.25. The number of aryl methyl sites for hydroxylation is 1. The summed E-state index contributed by atoms with van der Waals surface area (Å²) < 4.78 is 10.8. The van der Waals surface area contributed by atoms with Gasteiger partial charge in [0.2, 0.25) is 0 Å². The summed E-state index contributed by atoms with van der Waals surface area (Å²) >= 11 is 0. The third-order valence-electron chi connectivity index (χ3n) is 2.76. The molecule has 0 saturated heterocycles. The van der Waals surface area contributed by atoms with Crippen molar-refractivity contribution in [2.45, 2.75) is 6.92 Å². The van der Waals surface area contributed by atoms with E-state index in [1.165, 1.54) is 0 Å². The molecule has 0 fully saturated rings. The lowest BCUT2D eigenvalue weighted by Gasteiger charge is -2.11. The molecule has 0 aliphatic heterocycles. The average Bonchev–Trinajstić information content (AvgIpc) is 2.43. The molecular formula is C15H14N2O2. The fraction of sp³-hybridized carbons (Fsp3) is 0.133. The lowest BCUT2D eigenvalue weighted by Crippen LogP contribution is -1.95. The Kier molecular flexibility index (Phi) is 3.58. The van der Waals surface area contributed by atoms with Crippen LogP contribution < -0.4 is 15.2 Å². The Labute approximate surface area is 112 Å². The van der Waals surface area contributed by atoms with Crippen molar-refractivity contribution < 1.29 is 9.47 Å². The number of hydrogen-bond acceptors (Lipinski definition) is 4. The van der Waals surface area contributed by atoms with E-state index in [0.717, 1.165) is 5.56 Å². The maximum absolute atomic E-state index is 8.96. The predicted molar refractivity (Wildman–Crippen MR) is 73.4 cm³/mol. The van der Waals surface area contributed by atoms with Crippen LogP contribution in [0.1, 0.15) is 11.1 Å². The van der Waals surface area contributed by atoms with Crippen molar-refractivity contribution in [2.75, 3.05) is 12.8 Å². The number of hydrogen-bond donors (Lipinski definition) is 1. The van der Waals surface area contributed by atoms with Gasteiger partial charge >= 0.3 is 0 Å². The van der Waals surface area contributed by atoms with Gasteiger partial charge in [0.15, 0.2) is 5.75 Å². The largest absolute Gasteiger partial charge is 0.497 e. The molecule has 0 radical (unpaired) electrons. The number of nitrogens with two attached hydrogens (primary N) is 1. The third-order valence-corrected chi connectivity index (χ3v) is 2.76. The van der Waals surface area contributed by atoms with Crippen molar-refractivity contribution >= 4 is 5.69 Å². The molecule has 2 aromatic carbocycles. The van der Waals surface area contributed by atoms with Crippen LogP contribution in [-0.2, 0) is 0 Å². The molecule has 2 rings (SSSR count). The van der Waals surface area contributed by atoms with Gasteiger partial charge in [-0.1, -0.05) is 12.1 Å². The SMILES string of the molecule is COc1cc(C#N)cc(Oc2cccc(C)c2N)c1. The van der Waals surface area contributed by atoms with Crippen molar-refractivity contribution in [1.82, 2.24) is 0 Å². The number of rotatable bonds is 3. The first-order valence-corrected chi connectivity index (χ1v) is 5.76. The van der Waals surface area contributed by atoms with Gasteiger partial charge in [0.1, 0.15) is 11.5 Å². The van der Waals surface area contributed by atoms with E-state index in [2.05, 4.69) is 6.07 Å². The van der Waals surface area contributed by atoms with Crippen LogP contribution in [0.5, 0.6) is 17.2 Å². The molecule has 96 valence electrons. The maximum Gasteiger partial charge on any atom is 0.150 e. The molecule has 0 saturated carbocycles. The lowest BCUT2D eigenvalue weighted by atomic mass is 10.2. The van der Waals surface area contributed by atoms with Crippen LogP contribution in [0.25, 0.3) is 0 Å². The number of ether oxygens (including phenoxy) is 2. The van der Waals surface area contributed by atoms with Gasteiger partial charge in [-0.3, -0.25) is 0 Å². The van der Waals surface area contributed by atoms with Crippen LogP contribution >= 0.6 is 0 Å². The van der Waals surface area contributed by atoms with E-state index >= 15 is 0 Å². The normalized spacial score (nSPS) is 9.74. The minimum atomic E-state index is 0.473. The topological polar surface area (TPSA) is 68.3 Å². The van der Waals surface area contributed by atoms with E-state index in [1.54, 1.807) is 31.4 Å². The Balaban J connectivity index is 2.38. The molecule has 2 aromatic rings. The fourth-order valence-corrected chi connectivity index (χ4v) is 1.68. The zero-order valence-electron chi connectivity index (χ0n) is 10.8. The van der Waals surface area contributed by atoms with Crippen molar-refractivity contribution in [3.63, 3.8) is 0 Å². The van der Waals surface area contributed by atoms with Gasteiger partial charge in [-0.15, -0.1) is 0 Å². The first kappa shape index (κ1) is 12.8. The number of nitriles is 1. The van der Waals surface area contributed by atoms with Gasteiger partial charge < -0.3 is 15.2 Å². The molecular weight excluding hydrogens is 240 g/mol. The second-order valence-corrected chi connectivity index (χ2v) is 4.10. The average molecular weight is 254 g/mol. The quantitative estimate of drug-likeness (QED) is 0.854. The van der Waals surface area contributed by atoms with Crippen molar-refractivity contribution in [3.8, 4) is 23.3 Å². The molecule has 0 aliphatic rings. The summed E-state index contributed by atoms with van der Waals surface area (Å²) in [5, 5.41) is 8.96. The summed E-state index contributed by atoms with van der Waals surface area (Å²) in [6.45, 7) is 1.91. The van der Waals surface area contributed by atoms with E-state index in [9.17, 15) is 0 Å². The lowest BCUT2D eigenvalue weighted by molar-refractivity contribution is 0.409. The van der Waals surface area contributed by atoms with Crippen molar-refractivity contribution in [2.24, 2.45) is 0 Å². The molecule has 0 aromatic heterocycles. The highest BCUT2D eigenvalue weighted by molar-refractivity contribution is 5.59. The van der Waals surface area contributed by atoms with E-state index < -0.39 is 0 Å². The monoisotopic (exact) mass is 254 g/mol. The van der Waals surface area contributed by atoms with E-state index in [4.69, 9.17) is 20.5 Å². The molecule has 0 aliphatic carbocycles. The summed E-state index contributed by atoms with van der Waals surface area (Å²) in [6, 6.07) is 12.6. The smallest absolute Gasteiger partial charge is 0.150 e. The standard InChI is InChI=1S/C15H14N2O2/c1-10-4-3-5-14(15(10)17)19-13-7-11(9-16)6-12(8-13)18-2/h3-8H,17H2,1-2H3. The molecule has 0 bridgehead atoms. The molecule has 0 spiro atoms. The highest BCUT2D eigenvalue weighted by Crippen LogP contribution is 2.32. The number of benzene rings is 2. The fourth-order valence-electron chi connectivity index (χ4n) is 1.68. The maximum atomic E-state index is 8.96. The van der Waals surface area contributed by atoms with Crippen LogP contribution in [0.2, 0.25) is 0 Å². The summed E-state index contributed by atoms with van der Waals surface area (Å²) in [7, 11) is 1.54. The van der Waals surface area contributed by atoms with Crippen molar-refractivity contribution in [1.29, 1.82) is 5.26 Å². The molecule has 0 heterocycles. The molecule has 0 atom stereocenters. The molecule has 0 amide bonds.